The van der Waals surface area contributed by atoms with Crippen LogP contribution in [0.5, 0.6) is 0 Å². The van der Waals surface area contributed by atoms with Crippen LogP contribution in [0.1, 0.15) is 20.8 Å². The third-order valence-electron chi connectivity index (χ3n) is 2.19. The van der Waals surface area contributed by atoms with Crippen molar-refractivity contribution in [3.05, 3.63) is 0 Å². The van der Waals surface area contributed by atoms with Gasteiger partial charge in [-0.1, -0.05) is 13.8 Å². The monoisotopic (exact) mass is 144 g/mol. The van der Waals surface area contributed by atoms with Crippen LogP contribution in [-0.4, -0.2) is 18.5 Å². The van der Waals surface area contributed by atoms with Crippen LogP contribution in [0, 0.1) is 5.92 Å². The fraction of sp³-hybridized carbons (Fsp3) is 0.857. The number of likely N-dealkylation sites (N-methyl/N-ethyl adjacent to an activating group) is 1. The maximum absolute atomic E-state index is 10.9. The normalized spacial score (nSPS) is 16.9. The summed E-state index contributed by atoms with van der Waals surface area (Å²) in [6.45, 7) is 5.72. The summed E-state index contributed by atoms with van der Waals surface area (Å²) in [5.41, 5.74) is 4.61. The minimum atomic E-state index is -0.569. The molecule has 0 bridgehead atoms. The Balaban J connectivity index is 4.38. The second-order valence-electron chi connectivity index (χ2n) is 2.97. The lowest BCUT2D eigenvalue weighted by molar-refractivity contribution is -0.125. The molecule has 0 aliphatic carbocycles. The van der Waals surface area contributed by atoms with E-state index in [1.165, 1.54) is 0 Å². The van der Waals surface area contributed by atoms with Gasteiger partial charge in [0.1, 0.15) is 0 Å². The number of primary amides is 1. The van der Waals surface area contributed by atoms with Gasteiger partial charge in [0.05, 0.1) is 5.54 Å². The molecule has 0 aliphatic rings. The molecule has 1 amide bonds. The minimum Gasteiger partial charge on any atom is -0.368 e. The van der Waals surface area contributed by atoms with Crippen LogP contribution >= 0.6 is 0 Å². The van der Waals surface area contributed by atoms with E-state index in [-0.39, 0.29) is 11.8 Å². The molecule has 10 heavy (non-hydrogen) atoms. The van der Waals surface area contributed by atoms with Crippen LogP contribution in [0.3, 0.4) is 0 Å². The summed E-state index contributed by atoms with van der Waals surface area (Å²) >= 11 is 0. The minimum absolute atomic E-state index is 0.218. The Labute approximate surface area is 62.0 Å². The zero-order valence-corrected chi connectivity index (χ0v) is 7.06. The molecule has 0 aromatic heterocycles. The second-order valence-corrected chi connectivity index (χ2v) is 2.97. The Bertz CT molecular complexity index is 134. The van der Waals surface area contributed by atoms with Gasteiger partial charge < -0.3 is 11.1 Å². The summed E-state index contributed by atoms with van der Waals surface area (Å²) < 4.78 is 0. The van der Waals surface area contributed by atoms with Crippen LogP contribution in [0.15, 0.2) is 0 Å². The van der Waals surface area contributed by atoms with Gasteiger partial charge in [-0.15, -0.1) is 0 Å². The van der Waals surface area contributed by atoms with E-state index in [2.05, 4.69) is 5.32 Å². The number of carbonyl (C=O) groups excluding carboxylic acids is 1. The molecule has 1 atom stereocenters. The Hall–Kier alpha value is -0.570. The number of hydrogen-bond donors (Lipinski definition) is 2. The molecule has 0 fully saturated rings. The summed E-state index contributed by atoms with van der Waals surface area (Å²) in [6.07, 6.45) is 0. The smallest absolute Gasteiger partial charge is 0.237 e. The number of carbonyl (C=O) groups is 1. The average molecular weight is 144 g/mol. The third-order valence-corrected chi connectivity index (χ3v) is 2.19. The van der Waals surface area contributed by atoms with Crippen molar-refractivity contribution in [1.29, 1.82) is 0 Å². The van der Waals surface area contributed by atoms with Crippen molar-refractivity contribution in [1.82, 2.24) is 5.32 Å². The van der Waals surface area contributed by atoms with Crippen molar-refractivity contribution < 1.29 is 4.79 Å². The van der Waals surface area contributed by atoms with Crippen LogP contribution < -0.4 is 11.1 Å². The van der Waals surface area contributed by atoms with Gasteiger partial charge >= 0.3 is 0 Å². The third kappa shape index (κ3) is 1.48. The van der Waals surface area contributed by atoms with Crippen LogP contribution in [0.2, 0.25) is 0 Å². The molecule has 0 spiro atoms. The highest BCUT2D eigenvalue weighted by atomic mass is 16.1. The molecule has 0 aromatic carbocycles. The first-order valence-electron chi connectivity index (χ1n) is 3.44. The van der Waals surface area contributed by atoms with Gasteiger partial charge in [-0.05, 0) is 19.9 Å². The number of nitrogens with two attached hydrogens (primary N) is 1. The van der Waals surface area contributed by atoms with Crippen LogP contribution in [0.4, 0.5) is 0 Å². The van der Waals surface area contributed by atoms with Gasteiger partial charge in [0.25, 0.3) is 0 Å². The number of rotatable bonds is 3. The molecule has 3 heteroatoms. The summed E-state index contributed by atoms with van der Waals surface area (Å²) in [6, 6.07) is 0. The molecule has 0 radical (unpaired) electrons. The topological polar surface area (TPSA) is 55.1 Å². The quantitative estimate of drug-likeness (QED) is 0.590. The highest BCUT2D eigenvalue weighted by Gasteiger charge is 2.32. The fourth-order valence-corrected chi connectivity index (χ4v) is 0.696. The van der Waals surface area contributed by atoms with E-state index in [9.17, 15) is 4.79 Å². The van der Waals surface area contributed by atoms with E-state index >= 15 is 0 Å². The maximum Gasteiger partial charge on any atom is 0.237 e. The standard InChI is InChI=1S/C7H16N2O/c1-5(2)7(3,9-4)6(8)10/h5,9H,1-4H3,(H2,8,10)/t7-/m1/s1. The molecule has 0 aromatic rings. The van der Waals surface area contributed by atoms with Crippen molar-refractivity contribution in [2.75, 3.05) is 7.05 Å². The fourth-order valence-electron chi connectivity index (χ4n) is 0.696. The summed E-state index contributed by atoms with van der Waals surface area (Å²) in [7, 11) is 1.74. The SMILES string of the molecule is CN[C@@](C)(C(N)=O)C(C)C. The van der Waals surface area contributed by atoms with Crippen molar-refractivity contribution in [2.24, 2.45) is 11.7 Å². The summed E-state index contributed by atoms with van der Waals surface area (Å²) in [4.78, 5) is 10.9. The highest BCUT2D eigenvalue weighted by Crippen LogP contribution is 2.14. The Morgan fingerprint density at radius 1 is 1.60 bits per heavy atom. The molecule has 0 aliphatic heterocycles. The van der Waals surface area contributed by atoms with E-state index in [0.717, 1.165) is 0 Å². The van der Waals surface area contributed by atoms with Gasteiger partial charge in [0.2, 0.25) is 5.91 Å². The van der Waals surface area contributed by atoms with E-state index in [0.29, 0.717) is 0 Å². The molecule has 0 saturated heterocycles. The zero-order chi connectivity index (χ0) is 8.36. The van der Waals surface area contributed by atoms with E-state index in [1.807, 2.05) is 13.8 Å². The molecule has 0 saturated carbocycles. The molecular weight excluding hydrogens is 128 g/mol. The lowest BCUT2D eigenvalue weighted by atomic mass is 9.88. The first-order chi connectivity index (χ1) is 4.45. The van der Waals surface area contributed by atoms with E-state index < -0.39 is 5.54 Å². The van der Waals surface area contributed by atoms with Crippen molar-refractivity contribution in [2.45, 2.75) is 26.3 Å². The summed E-state index contributed by atoms with van der Waals surface area (Å²) in [5.74, 6) is -0.0833. The zero-order valence-electron chi connectivity index (χ0n) is 7.06. The Morgan fingerprint density at radius 2 is 2.00 bits per heavy atom. The number of hydrogen-bond acceptors (Lipinski definition) is 2. The summed E-state index contributed by atoms with van der Waals surface area (Å²) in [5, 5.41) is 2.90. The molecule has 3 nitrogen and oxygen atoms in total. The second kappa shape index (κ2) is 3.01. The molecule has 0 rings (SSSR count). The highest BCUT2D eigenvalue weighted by molar-refractivity contribution is 5.84. The first-order valence-corrected chi connectivity index (χ1v) is 3.44. The predicted molar refractivity (Wildman–Crippen MR) is 41.5 cm³/mol. The lowest BCUT2D eigenvalue weighted by Gasteiger charge is -2.29. The average Bonchev–Trinajstić information content (AvgIpc) is 1.85. The molecule has 0 unspecified atom stereocenters. The van der Waals surface area contributed by atoms with Gasteiger partial charge in [-0.3, -0.25) is 4.79 Å². The Kier molecular flexibility index (Phi) is 2.84. The van der Waals surface area contributed by atoms with Crippen LogP contribution in [-0.2, 0) is 4.79 Å². The van der Waals surface area contributed by atoms with Gasteiger partial charge in [0.15, 0.2) is 0 Å². The molecule has 60 valence electrons. The maximum atomic E-state index is 10.9. The lowest BCUT2D eigenvalue weighted by Crippen LogP contribution is -2.55. The molecule has 0 heterocycles. The van der Waals surface area contributed by atoms with E-state index in [1.54, 1.807) is 14.0 Å². The van der Waals surface area contributed by atoms with E-state index in [4.69, 9.17) is 5.73 Å². The van der Waals surface area contributed by atoms with Crippen molar-refractivity contribution in [3.63, 3.8) is 0 Å². The van der Waals surface area contributed by atoms with Crippen LogP contribution in [0.25, 0.3) is 0 Å². The molecule has 3 N–H and O–H groups in total. The predicted octanol–water partition coefficient (Wildman–Crippen LogP) is 0.106. The molecular formula is C7H16N2O. The van der Waals surface area contributed by atoms with Gasteiger partial charge in [0, 0.05) is 0 Å². The first kappa shape index (κ1) is 9.43. The number of nitrogens with one attached hydrogen (secondary N) is 1. The van der Waals surface area contributed by atoms with Crippen molar-refractivity contribution in [3.8, 4) is 0 Å². The van der Waals surface area contributed by atoms with Crippen molar-refractivity contribution >= 4 is 5.91 Å². The number of amides is 1. The van der Waals surface area contributed by atoms with Gasteiger partial charge in [-0.2, -0.15) is 0 Å². The van der Waals surface area contributed by atoms with Gasteiger partial charge in [-0.25, -0.2) is 0 Å². The Morgan fingerprint density at radius 3 is 2.00 bits per heavy atom. The largest absolute Gasteiger partial charge is 0.368 e.